The van der Waals surface area contributed by atoms with Gasteiger partial charge in [-0.1, -0.05) is 19.4 Å². The minimum atomic E-state index is -1.82. The predicted octanol–water partition coefficient (Wildman–Crippen LogP) is 3.49. The number of rotatable bonds is 10. The first kappa shape index (κ1) is 34.4. The summed E-state index contributed by atoms with van der Waals surface area (Å²) in [6, 6.07) is -0.608. The Morgan fingerprint density at radius 1 is 1.04 bits per heavy atom. The maximum absolute atomic E-state index is 13.8. The van der Waals surface area contributed by atoms with Crippen LogP contribution in [0.4, 0.5) is 0 Å². The van der Waals surface area contributed by atoms with Crippen molar-refractivity contribution in [3.63, 3.8) is 0 Å². The minimum absolute atomic E-state index is 0.00153. The summed E-state index contributed by atoms with van der Waals surface area (Å²) < 4.78 is 11.0. The second-order valence-electron chi connectivity index (χ2n) is 15.5. The molecule has 1 aliphatic heterocycles. The smallest absolute Gasteiger partial charge is 0.306 e. The van der Waals surface area contributed by atoms with Gasteiger partial charge in [-0.2, -0.15) is 0 Å². The van der Waals surface area contributed by atoms with Crippen LogP contribution in [0.15, 0.2) is 11.6 Å². The van der Waals surface area contributed by atoms with Crippen molar-refractivity contribution in [1.82, 2.24) is 5.32 Å². The Balaban J connectivity index is 1.16. The molecule has 4 aliphatic carbocycles. The third kappa shape index (κ3) is 6.33. The van der Waals surface area contributed by atoms with Crippen molar-refractivity contribution in [2.75, 3.05) is 13.2 Å². The molecule has 1 heterocycles. The van der Waals surface area contributed by atoms with E-state index in [-0.39, 0.29) is 72.8 Å². The molecule has 0 radical (unpaired) electrons. The van der Waals surface area contributed by atoms with E-state index in [1.165, 1.54) is 0 Å². The molecule has 4 fully saturated rings. The third-order valence-electron chi connectivity index (χ3n) is 12.2. The Hall–Kier alpha value is -2.92. The van der Waals surface area contributed by atoms with E-state index in [9.17, 15) is 39.0 Å². The fourth-order valence-electron chi connectivity index (χ4n) is 9.82. The molecule has 46 heavy (non-hydrogen) atoms. The van der Waals surface area contributed by atoms with Crippen LogP contribution in [-0.2, 0) is 38.2 Å². The van der Waals surface area contributed by atoms with Crippen LogP contribution in [0.25, 0.3) is 0 Å². The lowest BCUT2D eigenvalue weighted by Crippen LogP contribution is -2.61. The standard InChI is InChI=1S/C35H49NO10/c1-32(2)17-20(11-14-46-32)25(16-29(41)42)36-28(40)7-8-30(43)45-19-27(39)35(44)13-10-24-23-6-5-21-15-22(37)9-12-33(21,3)31(23)26(38)18-34(24,35)4/h15,20,23-25,31,44H,5-14,16-19H2,1-4H3,(H,36,40)(H,41,42)/t20-,23-,24-,25+,31-,33+,34+,35+/m1/s1. The minimum Gasteiger partial charge on any atom is -0.481 e. The van der Waals surface area contributed by atoms with E-state index >= 15 is 0 Å². The highest BCUT2D eigenvalue weighted by Gasteiger charge is 2.68. The number of hydrogen-bond donors (Lipinski definition) is 3. The maximum Gasteiger partial charge on any atom is 0.306 e. The summed E-state index contributed by atoms with van der Waals surface area (Å²) in [5, 5.41) is 24.0. The molecule has 5 rings (SSSR count). The van der Waals surface area contributed by atoms with Crippen molar-refractivity contribution in [1.29, 1.82) is 0 Å². The van der Waals surface area contributed by atoms with Gasteiger partial charge in [-0.05, 0) is 88.0 Å². The van der Waals surface area contributed by atoms with Crippen molar-refractivity contribution in [3.05, 3.63) is 11.6 Å². The molecule has 3 N–H and O–H groups in total. The molecule has 3 saturated carbocycles. The average molecular weight is 644 g/mol. The largest absolute Gasteiger partial charge is 0.481 e. The summed E-state index contributed by atoms with van der Waals surface area (Å²) in [6.45, 7) is 7.55. The van der Waals surface area contributed by atoms with E-state index in [1.807, 2.05) is 20.8 Å². The van der Waals surface area contributed by atoms with E-state index in [1.54, 1.807) is 6.08 Å². The number of hydrogen-bond acceptors (Lipinski definition) is 9. The number of fused-ring (bicyclic) bond motifs is 5. The molecule has 11 nitrogen and oxygen atoms in total. The SMILES string of the molecule is CC1(C)C[C@H]([C@H](CC(=O)O)NC(=O)CCC(=O)OCC(=O)[C@@]2(O)CC[C@@H]3[C@H]4CCC5=CC(=O)CC[C@]5(C)[C@H]4C(=O)C[C@@]32C)CCO1. The number of carboxylic acid groups (broad SMARTS) is 1. The molecule has 254 valence electrons. The fraction of sp³-hybridized carbons (Fsp3) is 0.771. The molecule has 0 bridgehead atoms. The van der Waals surface area contributed by atoms with E-state index in [4.69, 9.17) is 9.47 Å². The van der Waals surface area contributed by atoms with E-state index in [2.05, 4.69) is 12.2 Å². The number of carboxylic acids is 1. The number of carbonyl (C=O) groups excluding carboxylic acids is 5. The van der Waals surface area contributed by atoms with Crippen LogP contribution in [0, 0.1) is 34.5 Å². The molecule has 1 amide bonds. The second kappa shape index (κ2) is 12.6. The fourth-order valence-corrected chi connectivity index (χ4v) is 9.82. The topological polar surface area (TPSA) is 173 Å². The molecule has 1 saturated heterocycles. The number of nitrogens with one attached hydrogen (secondary N) is 1. The van der Waals surface area contributed by atoms with E-state index in [0.29, 0.717) is 38.7 Å². The van der Waals surface area contributed by atoms with Crippen LogP contribution in [0.5, 0.6) is 0 Å². The van der Waals surface area contributed by atoms with Gasteiger partial charge in [0.1, 0.15) is 11.4 Å². The zero-order valence-corrected chi connectivity index (χ0v) is 27.5. The van der Waals surface area contributed by atoms with Crippen LogP contribution < -0.4 is 5.32 Å². The number of allylic oxidation sites excluding steroid dienone is 1. The highest BCUT2D eigenvalue weighted by Crippen LogP contribution is 2.66. The first-order valence-electron chi connectivity index (χ1n) is 16.8. The van der Waals surface area contributed by atoms with Gasteiger partial charge in [0.2, 0.25) is 11.7 Å². The lowest BCUT2D eigenvalue weighted by molar-refractivity contribution is -0.173. The third-order valence-corrected chi connectivity index (χ3v) is 12.2. The molecule has 0 unspecified atom stereocenters. The van der Waals surface area contributed by atoms with Gasteiger partial charge in [-0.15, -0.1) is 0 Å². The van der Waals surface area contributed by atoms with Crippen LogP contribution in [0.1, 0.15) is 105 Å². The summed E-state index contributed by atoms with van der Waals surface area (Å²) in [7, 11) is 0. The first-order chi connectivity index (χ1) is 21.5. The Kier molecular flexibility index (Phi) is 9.43. The van der Waals surface area contributed by atoms with Gasteiger partial charge in [0.15, 0.2) is 12.4 Å². The van der Waals surface area contributed by atoms with Crippen LogP contribution in [-0.4, -0.2) is 75.9 Å². The van der Waals surface area contributed by atoms with Crippen molar-refractivity contribution in [3.8, 4) is 0 Å². The highest BCUT2D eigenvalue weighted by molar-refractivity contribution is 5.95. The van der Waals surface area contributed by atoms with Crippen LogP contribution in [0.2, 0.25) is 0 Å². The summed E-state index contributed by atoms with van der Waals surface area (Å²) in [4.78, 5) is 76.2. The zero-order chi connectivity index (χ0) is 33.7. The van der Waals surface area contributed by atoms with Gasteiger partial charge < -0.3 is 25.0 Å². The average Bonchev–Trinajstić information content (AvgIpc) is 3.24. The van der Waals surface area contributed by atoms with Crippen molar-refractivity contribution >= 4 is 35.2 Å². The zero-order valence-electron chi connectivity index (χ0n) is 27.5. The van der Waals surface area contributed by atoms with Crippen LogP contribution >= 0.6 is 0 Å². The molecule has 11 heteroatoms. The molecule has 0 aromatic heterocycles. The van der Waals surface area contributed by atoms with Crippen LogP contribution in [0.3, 0.4) is 0 Å². The number of esters is 1. The van der Waals surface area contributed by atoms with Gasteiger partial charge in [0, 0.05) is 43.2 Å². The lowest BCUT2D eigenvalue weighted by atomic mass is 9.46. The van der Waals surface area contributed by atoms with Crippen molar-refractivity contribution < 1.29 is 48.5 Å². The Bertz CT molecular complexity index is 1340. The molecule has 0 aromatic rings. The van der Waals surface area contributed by atoms with Crippen molar-refractivity contribution in [2.45, 2.75) is 122 Å². The number of amides is 1. The first-order valence-corrected chi connectivity index (χ1v) is 16.8. The number of ketones is 3. The highest BCUT2D eigenvalue weighted by atomic mass is 16.5. The molecule has 5 aliphatic rings. The quantitative estimate of drug-likeness (QED) is 0.299. The van der Waals surface area contributed by atoms with Crippen molar-refractivity contribution in [2.24, 2.45) is 34.5 Å². The number of ether oxygens (including phenoxy) is 2. The van der Waals surface area contributed by atoms with Gasteiger partial charge in [-0.25, -0.2) is 0 Å². The predicted molar refractivity (Wildman–Crippen MR) is 164 cm³/mol. The molecule has 0 aromatic carbocycles. The number of Topliss-reactive ketones (excluding diaryl/α,β-unsaturated/α-hetero) is 2. The summed E-state index contributed by atoms with van der Waals surface area (Å²) in [6.07, 6.45) is 5.46. The monoisotopic (exact) mass is 643 g/mol. The molecular formula is C35H49NO10. The summed E-state index contributed by atoms with van der Waals surface area (Å²) in [5.74, 6) is -3.20. The Morgan fingerprint density at radius 3 is 2.48 bits per heavy atom. The number of aliphatic hydroxyl groups is 1. The molecular weight excluding hydrogens is 594 g/mol. The summed E-state index contributed by atoms with van der Waals surface area (Å²) >= 11 is 0. The van der Waals surface area contributed by atoms with Gasteiger partial charge in [-0.3, -0.25) is 28.8 Å². The van der Waals surface area contributed by atoms with Gasteiger partial charge >= 0.3 is 11.9 Å². The second-order valence-corrected chi connectivity index (χ2v) is 15.5. The summed E-state index contributed by atoms with van der Waals surface area (Å²) in [5.41, 5.74) is -2.57. The van der Waals surface area contributed by atoms with E-state index < -0.39 is 52.9 Å². The molecule has 0 spiro atoms. The van der Waals surface area contributed by atoms with E-state index in [0.717, 1.165) is 18.4 Å². The number of aliphatic carboxylic acids is 1. The van der Waals surface area contributed by atoms with Gasteiger partial charge in [0.25, 0.3) is 0 Å². The van der Waals surface area contributed by atoms with Gasteiger partial charge in [0.05, 0.1) is 18.4 Å². The normalized spacial score (nSPS) is 37.2. The molecule has 8 atom stereocenters. The Morgan fingerprint density at radius 2 is 1.78 bits per heavy atom. The Labute approximate surface area is 270 Å². The number of carbonyl (C=O) groups is 6. The maximum atomic E-state index is 13.8. The lowest BCUT2D eigenvalue weighted by Gasteiger charge is -2.57.